The van der Waals surface area contributed by atoms with Crippen molar-refractivity contribution in [2.45, 2.75) is 13.8 Å². The Kier molecular flexibility index (Phi) is 2.03. The predicted molar refractivity (Wildman–Crippen MR) is 55.6 cm³/mol. The molecule has 0 radical (unpaired) electrons. The van der Waals surface area contributed by atoms with Crippen LogP contribution in [0.5, 0.6) is 5.75 Å². The molecule has 0 aliphatic carbocycles. The van der Waals surface area contributed by atoms with Crippen LogP contribution in [0.4, 0.5) is 10.1 Å². The smallest absolute Gasteiger partial charge is 0.210 e. The first kappa shape index (κ1) is 9.76. The number of aromatic nitrogens is 2. The monoisotopic (exact) mass is 209 g/mol. The van der Waals surface area contributed by atoms with E-state index in [9.17, 15) is 4.39 Å². The number of nitrogen functional groups attached to an aromatic ring is 1. The summed E-state index contributed by atoms with van der Waals surface area (Å²) in [5.41, 5.74) is 7.83. The SMILES string of the molecule is COc1c(N)cn2c(C)c(C)nc2c1F. The molecule has 2 N–H and O–H groups in total. The highest BCUT2D eigenvalue weighted by atomic mass is 19.1. The number of imidazole rings is 1. The van der Waals surface area contributed by atoms with Gasteiger partial charge in [-0.05, 0) is 13.8 Å². The zero-order valence-electron chi connectivity index (χ0n) is 8.84. The van der Waals surface area contributed by atoms with E-state index in [0.717, 1.165) is 11.4 Å². The maximum Gasteiger partial charge on any atom is 0.210 e. The Morgan fingerprint density at radius 2 is 2.13 bits per heavy atom. The molecule has 2 heterocycles. The third-order valence-electron chi connectivity index (χ3n) is 2.52. The molecule has 0 fully saturated rings. The van der Waals surface area contributed by atoms with E-state index in [1.54, 1.807) is 10.6 Å². The van der Waals surface area contributed by atoms with Crippen LogP contribution in [0.1, 0.15) is 11.4 Å². The summed E-state index contributed by atoms with van der Waals surface area (Å²) in [6.07, 6.45) is 1.62. The van der Waals surface area contributed by atoms with Gasteiger partial charge in [-0.15, -0.1) is 0 Å². The van der Waals surface area contributed by atoms with Crippen LogP contribution in [0.15, 0.2) is 6.20 Å². The molecule has 2 aromatic rings. The molecule has 0 saturated heterocycles. The second-order valence-electron chi connectivity index (χ2n) is 3.41. The zero-order chi connectivity index (χ0) is 11.2. The van der Waals surface area contributed by atoms with Crippen molar-refractivity contribution in [3.05, 3.63) is 23.4 Å². The predicted octanol–water partition coefficient (Wildman–Crippen LogP) is 1.68. The van der Waals surface area contributed by atoms with Crippen LogP contribution in [0.2, 0.25) is 0 Å². The molecule has 2 aromatic heterocycles. The van der Waals surface area contributed by atoms with E-state index >= 15 is 0 Å². The first-order chi connectivity index (χ1) is 7.06. The quantitative estimate of drug-likeness (QED) is 0.777. The number of hydrogen-bond donors (Lipinski definition) is 1. The zero-order valence-corrected chi connectivity index (χ0v) is 8.84. The number of nitrogens with two attached hydrogens (primary N) is 1. The highest BCUT2D eigenvalue weighted by Gasteiger charge is 2.16. The lowest BCUT2D eigenvalue weighted by atomic mass is 10.3. The number of methoxy groups -OCH3 is 1. The van der Waals surface area contributed by atoms with E-state index < -0.39 is 5.82 Å². The lowest BCUT2D eigenvalue weighted by molar-refractivity contribution is 0.389. The average molecular weight is 209 g/mol. The molecule has 80 valence electrons. The first-order valence-electron chi connectivity index (χ1n) is 4.53. The third-order valence-corrected chi connectivity index (χ3v) is 2.52. The van der Waals surface area contributed by atoms with E-state index in [1.165, 1.54) is 7.11 Å². The number of ether oxygens (including phenoxy) is 1. The fraction of sp³-hybridized carbons (Fsp3) is 0.300. The number of hydrogen-bond acceptors (Lipinski definition) is 3. The van der Waals surface area contributed by atoms with Crippen LogP contribution in [0.3, 0.4) is 0 Å². The summed E-state index contributed by atoms with van der Waals surface area (Å²) in [5.74, 6) is -0.471. The van der Waals surface area contributed by atoms with Crippen LogP contribution in [-0.2, 0) is 0 Å². The lowest BCUT2D eigenvalue weighted by Gasteiger charge is -2.07. The van der Waals surface area contributed by atoms with E-state index in [0.29, 0.717) is 0 Å². The number of aryl methyl sites for hydroxylation is 2. The Labute approximate surface area is 86.5 Å². The third kappa shape index (κ3) is 1.23. The Hall–Kier alpha value is -1.78. The van der Waals surface area contributed by atoms with E-state index in [1.807, 2.05) is 13.8 Å². The summed E-state index contributed by atoms with van der Waals surface area (Å²) in [6.45, 7) is 3.69. The largest absolute Gasteiger partial charge is 0.491 e. The highest BCUT2D eigenvalue weighted by Crippen LogP contribution is 2.28. The minimum atomic E-state index is -0.520. The topological polar surface area (TPSA) is 52.5 Å². The standard InChI is InChI=1S/C10H12FN3O/c1-5-6(2)14-4-7(12)9(15-3)8(11)10(14)13-5/h4H,12H2,1-3H3. The van der Waals surface area contributed by atoms with E-state index in [-0.39, 0.29) is 17.1 Å². The van der Waals surface area contributed by atoms with Crippen molar-refractivity contribution in [2.24, 2.45) is 0 Å². The Balaban J connectivity index is 2.90. The minimum Gasteiger partial charge on any atom is -0.491 e. The molecule has 5 heteroatoms. The van der Waals surface area contributed by atoms with Gasteiger partial charge in [0.1, 0.15) is 0 Å². The average Bonchev–Trinajstić information content (AvgIpc) is 2.46. The fourth-order valence-electron chi connectivity index (χ4n) is 1.57. The molecule has 0 aromatic carbocycles. The summed E-state index contributed by atoms with van der Waals surface area (Å²) >= 11 is 0. The number of nitrogens with zero attached hydrogens (tertiary/aromatic N) is 2. The lowest BCUT2D eigenvalue weighted by Crippen LogP contribution is -2.01. The van der Waals surface area contributed by atoms with Crippen LogP contribution in [0, 0.1) is 19.7 Å². The molecule has 0 unspecified atom stereocenters. The van der Waals surface area contributed by atoms with Gasteiger partial charge in [0.2, 0.25) is 5.82 Å². The minimum absolute atomic E-state index is 0.0486. The van der Waals surface area contributed by atoms with Crippen molar-refractivity contribution < 1.29 is 9.13 Å². The van der Waals surface area contributed by atoms with Crippen molar-refractivity contribution in [3.63, 3.8) is 0 Å². The van der Waals surface area contributed by atoms with Gasteiger partial charge in [-0.1, -0.05) is 0 Å². The summed E-state index contributed by atoms with van der Waals surface area (Å²) in [7, 11) is 1.38. The molecular formula is C10H12FN3O. The van der Waals surface area contributed by atoms with Gasteiger partial charge in [0.25, 0.3) is 0 Å². The maximum atomic E-state index is 13.8. The van der Waals surface area contributed by atoms with Gasteiger partial charge in [0.05, 0.1) is 18.5 Å². The van der Waals surface area contributed by atoms with Crippen LogP contribution in [0.25, 0.3) is 5.65 Å². The normalized spacial score (nSPS) is 10.9. The van der Waals surface area contributed by atoms with Gasteiger partial charge in [-0.25, -0.2) is 4.98 Å². The summed E-state index contributed by atoms with van der Waals surface area (Å²) in [6, 6.07) is 0. The van der Waals surface area contributed by atoms with Gasteiger partial charge in [0.15, 0.2) is 11.4 Å². The van der Waals surface area contributed by atoms with Crippen molar-refractivity contribution in [3.8, 4) is 5.75 Å². The Bertz CT molecular complexity index is 533. The molecule has 4 nitrogen and oxygen atoms in total. The van der Waals surface area contributed by atoms with E-state index in [4.69, 9.17) is 10.5 Å². The molecule has 0 saturated carbocycles. The van der Waals surface area contributed by atoms with Crippen LogP contribution >= 0.6 is 0 Å². The van der Waals surface area contributed by atoms with Gasteiger partial charge < -0.3 is 10.5 Å². The number of pyridine rings is 1. The Morgan fingerprint density at radius 3 is 2.73 bits per heavy atom. The second kappa shape index (κ2) is 3.12. The van der Waals surface area contributed by atoms with Crippen molar-refractivity contribution >= 4 is 11.3 Å². The summed E-state index contributed by atoms with van der Waals surface area (Å²) in [4.78, 5) is 4.11. The second-order valence-corrected chi connectivity index (χ2v) is 3.41. The maximum absolute atomic E-state index is 13.8. The summed E-state index contributed by atoms with van der Waals surface area (Å²) < 4.78 is 20.3. The molecule has 0 bridgehead atoms. The molecule has 0 aliphatic heterocycles. The van der Waals surface area contributed by atoms with Gasteiger partial charge in [0, 0.05) is 11.9 Å². The van der Waals surface area contributed by atoms with Crippen molar-refractivity contribution in [1.29, 1.82) is 0 Å². The molecule has 0 atom stereocenters. The molecule has 15 heavy (non-hydrogen) atoms. The van der Waals surface area contributed by atoms with Crippen molar-refractivity contribution in [1.82, 2.24) is 9.38 Å². The Morgan fingerprint density at radius 1 is 1.47 bits per heavy atom. The summed E-state index contributed by atoms with van der Waals surface area (Å²) in [5, 5.41) is 0. The number of fused-ring (bicyclic) bond motifs is 1. The molecule has 0 aliphatic rings. The highest BCUT2D eigenvalue weighted by molar-refractivity contribution is 5.61. The van der Waals surface area contributed by atoms with Crippen LogP contribution in [-0.4, -0.2) is 16.5 Å². The van der Waals surface area contributed by atoms with Gasteiger partial charge in [-0.2, -0.15) is 4.39 Å². The number of halogens is 1. The van der Waals surface area contributed by atoms with Gasteiger partial charge >= 0.3 is 0 Å². The van der Waals surface area contributed by atoms with Crippen molar-refractivity contribution in [2.75, 3.05) is 12.8 Å². The first-order valence-corrected chi connectivity index (χ1v) is 4.53. The number of anilines is 1. The van der Waals surface area contributed by atoms with Crippen LogP contribution < -0.4 is 10.5 Å². The fourth-order valence-corrected chi connectivity index (χ4v) is 1.57. The van der Waals surface area contributed by atoms with E-state index in [2.05, 4.69) is 4.98 Å². The number of rotatable bonds is 1. The molecular weight excluding hydrogens is 197 g/mol. The molecule has 0 amide bonds. The van der Waals surface area contributed by atoms with Gasteiger partial charge in [-0.3, -0.25) is 4.40 Å². The molecule has 0 spiro atoms. The molecule has 2 rings (SSSR count).